The lowest BCUT2D eigenvalue weighted by Crippen LogP contribution is -2.84. The van der Waals surface area contributed by atoms with Gasteiger partial charge in [-0.25, -0.2) is 4.39 Å². The highest BCUT2D eigenvalue weighted by molar-refractivity contribution is 5.80. The molecule has 1 saturated carbocycles. The molecule has 2 aromatic rings. The largest absolute Gasteiger partial charge is 0.395 e. The van der Waals surface area contributed by atoms with E-state index in [4.69, 9.17) is 0 Å². The fourth-order valence-corrected chi connectivity index (χ4v) is 6.03. The molecule has 1 aliphatic carbocycles. The summed E-state index contributed by atoms with van der Waals surface area (Å²) < 4.78 is 14.4. The molecule has 2 heterocycles. The molecule has 0 unspecified atom stereocenters. The van der Waals surface area contributed by atoms with Crippen LogP contribution in [0, 0.1) is 11.7 Å². The van der Waals surface area contributed by atoms with Crippen molar-refractivity contribution < 1.29 is 14.3 Å². The van der Waals surface area contributed by atoms with E-state index >= 15 is 0 Å². The first-order chi connectivity index (χ1) is 14.6. The number of carbonyl (C=O) groups excluding carboxylic acids is 1. The molecular formula is C25H29FN2O2. The van der Waals surface area contributed by atoms with E-state index in [2.05, 4.69) is 17.0 Å². The van der Waals surface area contributed by atoms with Crippen molar-refractivity contribution in [2.24, 2.45) is 5.92 Å². The molecule has 0 aromatic heterocycles. The van der Waals surface area contributed by atoms with Gasteiger partial charge in [-0.2, -0.15) is 0 Å². The second-order valence-electron chi connectivity index (χ2n) is 9.14. The summed E-state index contributed by atoms with van der Waals surface area (Å²) in [6.07, 6.45) is 4.30. The van der Waals surface area contributed by atoms with Crippen molar-refractivity contribution in [3.05, 3.63) is 71.5 Å². The van der Waals surface area contributed by atoms with Crippen molar-refractivity contribution in [1.29, 1.82) is 0 Å². The molecular weight excluding hydrogens is 379 g/mol. The SMILES string of the molecule is O=C(C1CCCC1)N1CC2(C1)[C@@H](c1ccccc1)[C@@H](CO)N2Cc1ccccc1F. The van der Waals surface area contributed by atoms with Crippen LogP contribution in [0.5, 0.6) is 0 Å². The second kappa shape index (κ2) is 7.78. The Kier molecular flexibility index (Phi) is 5.11. The molecule has 5 heteroatoms. The Bertz CT molecular complexity index is 906. The maximum Gasteiger partial charge on any atom is 0.225 e. The van der Waals surface area contributed by atoms with Crippen LogP contribution in [0.4, 0.5) is 4.39 Å². The van der Waals surface area contributed by atoms with Gasteiger partial charge in [0.1, 0.15) is 5.82 Å². The molecule has 5 rings (SSSR count). The van der Waals surface area contributed by atoms with Crippen molar-refractivity contribution in [2.45, 2.75) is 49.7 Å². The standard InChI is InChI=1S/C25H29FN2O2/c26-21-13-7-6-12-20(21)14-28-22(15-29)23(18-8-2-1-3-9-18)25(28)16-27(17-25)24(30)19-10-4-5-11-19/h1-3,6-9,12-13,19,22-23,29H,4-5,10-11,14-17H2/t22-,23+/m1/s1. The minimum absolute atomic E-state index is 0.0202. The highest BCUT2D eigenvalue weighted by Gasteiger charge is 2.66. The third kappa shape index (κ3) is 3.07. The number of halogens is 1. The summed E-state index contributed by atoms with van der Waals surface area (Å²) in [6, 6.07) is 17.0. The predicted octanol–water partition coefficient (Wildman–Crippen LogP) is 3.56. The lowest BCUT2D eigenvalue weighted by molar-refractivity contribution is -0.202. The zero-order valence-corrected chi connectivity index (χ0v) is 17.2. The number of hydrogen-bond donors (Lipinski definition) is 1. The lowest BCUT2D eigenvalue weighted by Gasteiger charge is -2.71. The van der Waals surface area contributed by atoms with E-state index in [0.717, 1.165) is 25.7 Å². The first kappa shape index (κ1) is 19.7. The zero-order chi connectivity index (χ0) is 20.7. The highest BCUT2D eigenvalue weighted by Crippen LogP contribution is 2.54. The summed E-state index contributed by atoms with van der Waals surface area (Å²) in [7, 11) is 0. The molecule has 158 valence electrons. The van der Waals surface area contributed by atoms with Gasteiger partial charge in [0.05, 0.1) is 12.1 Å². The highest BCUT2D eigenvalue weighted by atomic mass is 19.1. The monoisotopic (exact) mass is 408 g/mol. The minimum Gasteiger partial charge on any atom is -0.395 e. The molecule has 2 aromatic carbocycles. The van der Waals surface area contributed by atoms with E-state index in [9.17, 15) is 14.3 Å². The predicted molar refractivity (Wildman–Crippen MR) is 113 cm³/mol. The number of likely N-dealkylation sites (tertiary alicyclic amines) is 2. The Morgan fingerprint density at radius 2 is 1.70 bits per heavy atom. The molecule has 3 aliphatic rings. The molecule has 0 bridgehead atoms. The van der Waals surface area contributed by atoms with Gasteiger partial charge in [-0.3, -0.25) is 9.69 Å². The van der Waals surface area contributed by atoms with E-state index in [1.165, 1.54) is 11.6 Å². The van der Waals surface area contributed by atoms with Crippen LogP contribution in [0.1, 0.15) is 42.7 Å². The van der Waals surface area contributed by atoms with Crippen LogP contribution < -0.4 is 0 Å². The average Bonchev–Trinajstić information content (AvgIpc) is 3.26. The number of nitrogens with zero attached hydrogens (tertiary/aromatic N) is 2. The summed E-state index contributed by atoms with van der Waals surface area (Å²) in [5.41, 5.74) is 1.60. The summed E-state index contributed by atoms with van der Waals surface area (Å²) in [6.45, 7) is 1.79. The van der Waals surface area contributed by atoms with Crippen LogP contribution in [-0.2, 0) is 11.3 Å². The molecule has 4 nitrogen and oxygen atoms in total. The Morgan fingerprint density at radius 3 is 2.37 bits per heavy atom. The van der Waals surface area contributed by atoms with Crippen molar-refractivity contribution in [2.75, 3.05) is 19.7 Å². The van der Waals surface area contributed by atoms with Gasteiger partial charge in [0.15, 0.2) is 0 Å². The van der Waals surface area contributed by atoms with E-state index < -0.39 is 0 Å². The van der Waals surface area contributed by atoms with Crippen LogP contribution >= 0.6 is 0 Å². The van der Waals surface area contributed by atoms with Crippen LogP contribution in [0.3, 0.4) is 0 Å². The molecule has 1 spiro atoms. The molecule has 2 atom stereocenters. The number of rotatable bonds is 5. The van der Waals surface area contributed by atoms with Crippen LogP contribution in [0.15, 0.2) is 54.6 Å². The third-order valence-electron chi connectivity index (χ3n) is 7.53. The fraction of sp³-hybridized carbons (Fsp3) is 0.480. The van der Waals surface area contributed by atoms with E-state index in [1.807, 2.05) is 35.2 Å². The quantitative estimate of drug-likeness (QED) is 0.823. The lowest BCUT2D eigenvalue weighted by atomic mass is 9.60. The minimum atomic E-state index is -0.231. The Balaban J connectivity index is 1.42. The third-order valence-corrected chi connectivity index (χ3v) is 7.53. The fourth-order valence-electron chi connectivity index (χ4n) is 6.03. The molecule has 30 heavy (non-hydrogen) atoms. The molecule has 0 radical (unpaired) electrons. The maximum absolute atomic E-state index is 14.4. The summed E-state index contributed by atoms with van der Waals surface area (Å²) in [5, 5.41) is 10.2. The van der Waals surface area contributed by atoms with Gasteiger partial charge >= 0.3 is 0 Å². The van der Waals surface area contributed by atoms with Crippen LogP contribution in [0.2, 0.25) is 0 Å². The van der Waals surface area contributed by atoms with E-state index in [0.29, 0.717) is 25.2 Å². The number of aliphatic hydroxyl groups excluding tert-OH is 1. The van der Waals surface area contributed by atoms with Crippen molar-refractivity contribution in [3.63, 3.8) is 0 Å². The van der Waals surface area contributed by atoms with Gasteiger partial charge in [0.2, 0.25) is 5.91 Å². The van der Waals surface area contributed by atoms with Crippen LogP contribution in [-0.4, -0.2) is 52.1 Å². The number of carbonyl (C=O) groups is 1. The number of amides is 1. The Labute approximate surface area is 177 Å². The van der Waals surface area contributed by atoms with Crippen molar-refractivity contribution in [3.8, 4) is 0 Å². The molecule has 2 saturated heterocycles. The van der Waals surface area contributed by atoms with Gasteiger partial charge in [0, 0.05) is 43.1 Å². The summed E-state index contributed by atoms with van der Waals surface area (Å²) >= 11 is 0. The van der Waals surface area contributed by atoms with E-state index in [1.54, 1.807) is 6.07 Å². The Morgan fingerprint density at radius 1 is 1.03 bits per heavy atom. The smallest absolute Gasteiger partial charge is 0.225 e. The number of benzene rings is 2. The molecule has 2 aliphatic heterocycles. The van der Waals surface area contributed by atoms with Gasteiger partial charge in [-0.15, -0.1) is 0 Å². The van der Waals surface area contributed by atoms with E-state index in [-0.39, 0.29) is 41.7 Å². The molecule has 1 N–H and O–H groups in total. The number of aliphatic hydroxyl groups is 1. The van der Waals surface area contributed by atoms with Crippen molar-refractivity contribution >= 4 is 5.91 Å². The molecule has 3 fully saturated rings. The first-order valence-corrected chi connectivity index (χ1v) is 11.1. The van der Waals surface area contributed by atoms with Crippen molar-refractivity contribution in [1.82, 2.24) is 9.80 Å². The van der Waals surface area contributed by atoms with Gasteiger partial charge < -0.3 is 10.0 Å². The Hall–Kier alpha value is -2.24. The van der Waals surface area contributed by atoms with Gasteiger partial charge in [0.25, 0.3) is 0 Å². The maximum atomic E-state index is 14.4. The zero-order valence-electron chi connectivity index (χ0n) is 17.2. The summed E-state index contributed by atoms with van der Waals surface area (Å²) in [4.78, 5) is 17.2. The summed E-state index contributed by atoms with van der Waals surface area (Å²) in [5.74, 6) is 0.378. The number of hydrogen-bond acceptors (Lipinski definition) is 3. The topological polar surface area (TPSA) is 43.8 Å². The van der Waals surface area contributed by atoms with Gasteiger partial charge in [-0.1, -0.05) is 61.4 Å². The second-order valence-corrected chi connectivity index (χ2v) is 9.14. The van der Waals surface area contributed by atoms with Gasteiger partial charge in [-0.05, 0) is 24.5 Å². The normalized spacial score (nSPS) is 25.9. The first-order valence-electron chi connectivity index (χ1n) is 11.1. The molecule has 1 amide bonds. The van der Waals surface area contributed by atoms with Crippen LogP contribution in [0.25, 0.3) is 0 Å². The average molecular weight is 409 g/mol.